The first-order chi connectivity index (χ1) is 10.7. The van der Waals surface area contributed by atoms with Gasteiger partial charge >= 0.3 is 0 Å². The third-order valence-electron chi connectivity index (χ3n) is 3.13. The van der Waals surface area contributed by atoms with E-state index in [2.05, 4.69) is 5.32 Å². The molecule has 0 fully saturated rings. The molecule has 0 radical (unpaired) electrons. The van der Waals surface area contributed by atoms with Gasteiger partial charge in [0.1, 0.15) is 5.75 Å². The highest BCUT2D eigenvalue weighted by Crippen LogP contribution is 2.19. The van der Waals surface area contributed by atoms with Crippen molar-refractivity contribution in [1.29, 1.82) is 0 Å². The molecule has 0 bridgehead atoms. The molecular formula is C17H18FNO3. The normalized spacial score (nSPS) is 10.1. The first-order valence-corrected chi connectivity index (χ1v) is 6.98. The lowest BCUT2D eigenvalue weighted by Crippen LogP contribution is -2.23. The summed E-state index contributed by atoms with van der Waals surface area (Å²) in [7, 11) is 1.57. The molecule has 2 aromatic rings. The van der Waals surface area contributed by atoms with Gasteiger partial charge in [0.05, 0.1) is 13.7 Å². The molecule has 0 unspecified atom stereocenters. The predicted octanol–water partition coefficient (Wildman–Crippen LogP) is 3.16. The molecule has 0 atom stereocenters. The Labute approximate surface area is 128 Å². The summed E-state index contributed by atoms with van der Waals surface area (Å²) in [5.41, 5.74) is 1.10. The van der Waals surface area contributed by atoms with Crippen molar-refractivity contribution in [3.63, 3.8) is 0 Å². The number of halogens is 1. The van der Waals surface area contributed by atoms with Crippen LogP contribution >= 0.6 is 0 Å². The van der Waals surface area contributed by atoms with E-state index in [9.17, 15) is 9.18 Å². The van der Waals surface area contributed by atoms with E-state index in [1.165, 1.54) is 18.2 Å². The van der Waals surface area contributed by atoms with Gasteiger partial charge in [-0.3, -0.25) is 4.79 Å². The van der Waals surface area contributed by atoms with Crippen LogP contribution in [0.3, 0.4) is 0 Å². The fourth-order valence-electron chi connectivity index (χ4n) is 2.04. The summed E-state index contributed by atoms with van der Waals surface area (Å²) in [6.45, 7) is 2.45. The molecule has 0 saturated carbocycles. The highest BCUT2D eigenvalue weighted by Gasteiger charge is 2.11. The molecule has 116 valence electrons. The number of hydrogen-bond acceptors (Lipinski definition) is 3. The standard InChI is InChI=1S/C17H18FNO3/c1-3-22-16-9-8-12(10-14(16)18)17(20)19-11-13-6-4-5-7-15(13)21-2/h4-10H,3,11H2,1-2H3,(H,19,20). The molecule has 0 spiro atoms. The largest absolute Gasteiger partial charge is 0.496 e. The second-order valence-electron chi connectivity index (χ2n) is 4.57. The second kappa shape index (κ2) is 7.45. The van der Waals surface area contributed by atoms with Crippen LogP contribution in [0.4, 0.5) is 4.39 Å². The third-order valence-corrected chi connectivity index (χ3v) is 3.13. The molecule has 0 aliphatic carbocycles. The first kappa shape index (κ1) is 15.8. The van der Waals surface area contributed by atoms with Gasteiger partial charge in [-0.1, -0.05) is 18.2 Å². The molecule has 4 nitrogen and oxygen atoms in total. The summed E-state index contributed by atoms with van der Waals surface area (Å²) >= 11 is 0. The Bertz CT molecular complexity index is 658. The van der Waals surface area contributed by atoms with Crippen molar-refractivity contribution in [3.05, 3.63) is 59.4 Å². The van der Waals surface area contributed by atoms with E-state index in [1.807, 2.05) is 24.3 Å². The zero-order valence-electron chi connectivity index (χ0n) is 12.6. The van der Waals surface area contributed by atoms with E-state index < -0.39 is 5.82 Å². The molecule has 2 aromatic carbocycles. The minimum absolute atomic E-state index is 0.142. The van der Waals surface area contributed by atoms with Crippen LogP contribution in [0.5, 0.6) is 11.5 Å². The van der Waals surface area contributed by atoms with E-state index in [0.717, 1.165) is 5.56 Å². The Hall–Kier alpha value is -2.56. The fourth-order valence-corrected chi connectivity index (χ4v) is 2.04. The van der Waals surface area contributed by atoms with E-state index in [1.54, 1.807) is 14.0 Å². The summed E-state index contributed by atoms with van der Waals surface area (Å²) in [6.07, 6.45) is 0. The first-order valence-electron chi connectivity index (χ1n) is 6.98. The molecular weight excluding hydrogens is 285 g/mol. The Morgan fingerprint density at radius 1 is 1.18 bits per heavy atom. The summed E-state index contributed by atoms with van der Waals surface area (Å²) in [4.78, 5) is 12.1. The van der Waals surface area contributed by atoms with E-state index in [-0.39, 0.29) is 17.2 Å². The van der Waals surface area contributed by atoms with Crippen LogP contribution in [0, 0.1) is 5.82 Å². The van der Waals surface area contributed by atoms with Crippen molar-refractivity contribution < 1.29 is 18.7 Å². The molecule has 0 aliphatic rings. The lowest BCUT2D eigenvalue weighted by Gasteiger charge is -2.10. The van der Waals surface area contributed by atoms with E-state index in [0.29, 0.717) is 18.9 Å². The molecule has 0 aromatic heterocycles. The van der Waals surface area contributed by atoms with E-state index in [4.69, 9.17) is 9.47 Å². The number of carbonyl (C=O) groups is 1. The van der Waals surface area contributed by atoms with Crippen LogP contribution in [-0.2, 0) is 6.54 Å². The zero-order chi connectivity index (χ0) is 15.9. The van der Waals surface area contributed by atoms with Crippen molar-refractivity contribution in [2.75, 3.05) is 13.7 Å². The smallest absolute Gasteiger partial charge is 0.251 e. The quantitative estimate of drug-likeness (QED) is 0.891. The monoisotopic (exact) mass is 303 g/mol. The number of amides is 1. The summed E-state index contributed by atoms with van der Waals surface area (Å²) in [6, 6.07) is 11.5. The highest BCUT2D eigenvalue weighted by atomic mass is 19.1. The van der Waals surface area contributed by atoms with Crippen LogP contribution < -0.4 is 14.8 Å². The van der Waals surface area contributed by atoms with Crippen LogP contribution in [0.15, 0.2) is 42.5 Å². The number of benzene rings is 2. The number of nitrogens with one attached hydrogen (secondary N) is 1. The molecule has 5 heteroatoms. The summed E-state index contributed by atoms with van der Waals surface area (Å²) in [5, 5.41) is 2.74. The summed E-state index contributed by atoms with van der Waals surface area (Å²) < 4.78 is 24.1. The average Bonchev–Trinajstić information content (AvgIpc) is 2.54. The number of ether oxygens (including phenoxy) is 2. The zero-order valence-corrected chi connectivity index (χ0v) is 12.6. The predicted molar refractivity (Wildman–Crippen MR) is 81.7 cm³/mol. The van der Waals surface area contributed by atoms with E-state index >= 15 is 0 Å². The number of para-hydroxylation sites is 1. The maximum atomic E-state index is 13.8. The molecule has 0 aliphatic heterocycles. The van der Waals surface area contributed by atoms with Crippen LogP contribution in [0.1, 0.15) is 22.8 Å². The topological polar surface area (TPSA) is 47.6 Å². The highest BCUT2D eigenvalue weighted by molar-refractivity contribution is 5.94. The van der Waals surface area contributed by atoms with Gasteiger partial charge in [0.2, 0.25) is 0 Å². The van der Waals surface area contributed by atoms with Gasteiger partial charge in [0, 0.05) is 17.7 Å². The Balaban J connectivity index is 2.05. The van der Waals surface area contributed by atoms with Gasteiger partial charge in [-0.15, -0.1) is 0 Å². The number of methoxy groups -OCH3 is 1. The second-order valence-corrected chi connectivity index (χ2v) is 4.57. The lowest BCUT2D eigenvalue weighted by molar-refractivity contribution is 0.0950. The molecule has 0 heterocycles. The lowest BCUT2D eigenvalue weighted by atomic mass is 10.1. The van der Waals surface area contributed by atoms with Crippen molar-refractivity contribution in [3.8, 4) is 11.5 Å². The minimum atomic E-state index is -0.549. The molecule has 2 rings (SSSR count). The maximum Gasteiger partial charge on any atom is 0.251 e. The van der Waals surface area contributed by atoms with Gasteiger partial charge in [0.15, 0.2) is 11.6 Å². The van der Waals surface area contributed by atoms with Crippen molar-refractivity contribution in [2.45, 2.75) is 13.5 Å². The Morgan fingerprint density at radius 2 is 1.95 bits per heavy atom. The average molecular weight is 303 g/mol. The van der Waals surface area contributed by atoms with Crippen LogP contribution in [0.25, 0.3) is 0 Å². The van der Waals surface area contributed by atoms with Gasteiger partial charge in [-0.2, -0.15) is 0 Å². The number of rotatable bonds is 6. The molecule has 1 N–H and O–H groups in total. The Morgan fingerprint density at radius 3 is 2.64 bits per heavy atom. The molecule has 1 amide bonds. The van der Waals surface area contributed by atoms with Crippen molar-refractivity contribution >= 4 is 5.91 Å². The van der Waals surface area contributed by atoms with Gasteiger partial charge in [-0.25, -0.2) is 4.39 Å². The van der Waals surface area contributed by atoms with Crippen molar-refractivity contribution in [2.24, 2.45) is 0 Å². The summed E-state index contributed by atoms with van der Waals surface area (Å²) in [5.74, 6) is -0.0656. The minimum Gasteiger partial charge on any atom is -0.496 e. The SMILES string of the molecule is CCOc1ccc(C(=O)NCc2ccccc2OC)cc1F. The Kier molecular flexibility index (Phi) is 5.36. The molecule has 22 heavy (non-hydrogen) atoms. The van der Waals surface area contributed by atoms with Gasteiger partial charge in [0.25, 0.3) is 5.91 Å². The number of carbonyl (C=O) groups excluding carboxylic acids is 1. The van der Waals surface area contributed by atoms with Gasteiger partial charge in [-0.05, 0) is 31.2 Å². The third kappa shape index (κ3) is 3.75. The van der Waals surface area contributed by atoms with Crippen LogP contribution in [-0.4, -0.2) is 19.6 Å². The van der Waals surface area contributed by atoms with Crippen molar-refractivity contribution in [1.82, 2.24) is 5.32 Å². The van der Waals surface area contributed by atoms with Gasteiger partial charge < -0.3 is 14.8 Å². The molecule has 0 saturated heterocycles. The fraction of sp³-hybridized carbons (Fsp3) is 0.235. The number of hydrogen-bond donors (Lipinski definition) is 1. The van der Waals surface area contributed by atoms with Crippen LogP contribution in [0.2, 0.25) is 0 Å². The maximum absolute atomic E-state index is 13.8.